The Hall–Kier alpha value is -0.980. The fraction of sp³-hybridized carbons (Fsp3) is 0.438. The second-order valence-corrected chi connectivity index (χ2v) is 8.10. The predicted octanol–water partition coefficient (Wildman–Crippen LogP) is 4.48. The topological polar surface area (TPSA) is 38.7 Å². The summed E-state index contributed by atoms with van der Waals surface area (Å²) in [6.45, 7) is 4.45. The normalized spacial score (nSPS) is 14.4. The Morgan fingerprint density at radius 2 is 1.91 bits per heavy atom. The van der Waals surface area contributed by atoms with Crippen molar-refractivity contribution in [3.63, 3.8) is 0 Å². The van der Waals surface area contributed by atoms with Gasteiger partial charge >= 0.3 is 0 Å². The zero-order valence-electron chi connectivity index (χ0n) is 12.8. The van der Waals surface area contributed by atoms with Gasteiger partial charge in [0.05, 0.1) is 10.2 Å². The van der Waals surface area contributed by atoms with Crippen molar-refractivity contribution < 1.29 is 0 Å². The number of thiophene rings is 1. The van der Waals surface area contributed by atoms with Gasteiger partial charge in [0.15, 0.2) is 5.16 Å². The van der Waals surface area contributed by atoms with Gasteiger partial charge in [0, 0.05) is 11.1 Å². The van der Waals surface area contributed by atoms with Gasteiger partial charge < -0.3 is 12.6 Å². The summed E-state index contributed by atoms with van der Waals surface area (Å²) in [4.78, 5) is 15.2. The molecule has 114 valence electrons. The molecule has 0 fully saturated rings. The van der Waals surface area contributed by atoms with Crippen LogP contribution in [-0.2, 0) is 25.5 Å². The zero-order chi connectivity index (χ0) is 15.4. The summed E-state index contributed by atoms with van der Waals surface area (Å²) in [5, 5.41) is 2.66. The first-order valence-corrected chi connectivity index (χ1v) is 9.92. The second-order valence-electron chi connectivity index (χ2n) is 5.94. The molecule has 0 bridgehead atoms. The number of aromatic nitrogens is 3. The lowest BCUT2D eigenvalue weighted by atomic mass is 9.99. The van der Waals surface area contributed by atoms with Crippen LogP contribution in [0.25, 0.3) is 20.4 Å². The van der Waals surface area contributed by atoms with E-state index >= 15 is 0 Å². The van der Waals surface area contributed by atoms with Crippen molar-refractivity contribution in [1.82, 2.24) is 15.0 Å². The SMILES string of the molecule is CSc1nc([S-])c2sc3nc(C(C)C)c4c(c3c2n1)CCC4. The van der Waals surface area contributed by atoms with Crippen LogP contribution in [0, 0.1) is 0 Å². The summed E-state index contributed by atoms with van der Waals surface area (Å²) in [5.74, 6) is 0.456. The monoisotopic (exact) mass is 346 g/mol. The van der Waals surface area contributed by atoms with E-state index in [1.807, 2.05) is 6.26 Å². The van der Waals surface area contributed by atoms with E-state index in [9.17, 15) is 0 Å². The first-order chi connectivity index (χ1) is 10.6. The van der Waals surface area contributed by atoms with Crippen LogP contribution < -0.4 is 0 Å². The van der Waals surface area contributed by atoms with Crippen LogP contribution in [0.15, 0.2) is 10.2 Å². The van der Waals surface area contributed by atoms with E-state index in [0.717, 1.165) is 33.0 Å². The van der Waals surface area contributed by atoms with Crippen molar-refractivity contribution in [1.29, 1.82) is 0 Å². The van der Waals surface area contributed by atoms with E-state index in [1.165, 1.54) is 28.6 Å². The van der Waals surface area contributed by atoms with Crippen molar-refractivity contribution in [2.24, 2.45) is 0 Å². The van der Waals surface area contributed by atoms with Gasteiger partial charge in [-0.3, -0.25) is 4.98 Å². The van der Waals surface area contributed by atoms with Crippen LogP contribution >= 0.6 is 23.1 Å². The van der Waals surface area contributed by atoms with Gasteiger partial charge in [-0.15, -0.1) is 11.3 Å². The molecule has 1 aliphatic rings. The van der Waals surface area contributed by atoms with E-state index in [4.69, 9.17) is 22.6 Å². The van der Waals surface area contributed by atoms with Gasteiger partial charge in [0.25, 0.3) is 0 Å². The maximum Gasteiger partial charge on any atom is 0.186 e. The molecule has 3 heterocycles. The summed E-state index contributed by atoms with van der Waals surface area (Å²) < 4.78 is 1.02. The lowest BCUT2D eigenvalue weighted by molar-refractivity contribution is 0.805. The Kier molecular flexibility index (Phi) is 3.51. The number of pyridine rings is 1. The summed E-state index contributed by atoms with van der Waals surface area (Å²) in [6.07, 6.45) is 5.48. The molecular weight excluding hydrogens is 330 g/mol. The first-order valence-electron chi connectivity index (χ1n) is 7.47. The number of thioether (sulfide) groups is 1. The van der Waals surface area contributed by atoms with Gasteiger partial charge in [-0.25, -0.2) is 9.97 Å². The number of hydrogen-bond donors (Lipinski definition) is 0. The molecule has 0 aromatic carbocycles. The molecule has 0 spiro atoms. The van der Waals surface area contributed by atoms with Crippen LogP contribution in [0.5, 0.6) is 0 Å². The minimum atomic E-state index is 0.456. The second kappa shape index (κ2) is 5.28. The molecule has 0 aliphatic heterocycles. The Balaban J connectivity index is 2.16. The van der Waals surface area contributed by atoms with Gasteiger partial charge in [0.1, 0.15) is 4.83 Å². The average molecular weight is 347 g/mol. The number of nitrogens with zero attached hydrogens (tertiary/aromatic N) is 3. The lowest BCUT2D eigenvalue weighted by Gasteiger charge is -2.12. The maximum atomic E-state index is 5.48. The zero-order valence-corrected chi connectivity index (χ0v) is 15.2. The van der Waals surface area contributed by atoms with E-state index in [-0.39, 0.29) is 0 Å². The fourth-order valence-electron chi connectivity index (χ4n) is 3.32. The Morgan fingerprint density at radius 1 is 1.14 bits per heavy atom. The standard InChI is InChI=1S/C16H17N3S3/c1-7(2)11-9-6-4-5-8(9)10-12-13(22-15(10)17-11)14(20)19-16(18-12)21-3/h7H,4-6H2,1-3H3,(H,18,19,20)/p-1. The summed E-state index contributed by atoms with van der Waals surface area (Å²) in [5.41, 5.74) is 5.19. The highest BCUT2D eigenvalue weighted by molar-refractivity contribution is 7.98. The molecule has 0 radical (unpaired) electrons. The summed E-state index contributed by atoms with van der Waals surface area (Å²) in [7, 11) is 0. The van der Waals surface area contributed by atoms with Crippen molar-refractivity contribution in [2.75, 3.05) is 6.26 Å². The molecule has 0 N–H and O–H groups in total. The lowest BCUT2D eigenvalue weighted by Crippen LogP contribution is -2.00. The van der Waals surface area contributed by atoms with Crippen molar-refractivity contribution in [3.8, 4) is 0 Å². The summed E-state index contributed by atoms with van der Waals surface area (Å²) in [6, 6.07) is 0. The molecule has 3 aromatic rings. The van der Waals surface area contributed by atoms with Crippen molar-refractivity contribution in [2.45, 2.75) is 49.2 Å². The van der Waals surface area contributed by atoms with Gasteiger partial charge in [-0.05, 0) is 42.6 Å². The van der Waals surface area contributed by atoms with Crippen molar-refractivity contribution >= 4 is 56.2 Å². The maximum absolute atomic E-state index is 5.48. The molecule has 0 unspecified atom stereocenters. The van der Waals surface area contributed by atoms with Gasteiger partial charge in [0.2, 0.25) is 0 Å². The Morgan fingerprint density at radius 3 is 2.64 bits per heavy atom. The van der Waals surface area contributed by atoms with Crippen LogP contribution in [0.4, 0.5) is 0 Å². The molecule has 0 amide bonds. The van der Waals surface area contributed by atoms with Gasteiger partial charge in [-0.2, -0.15) is 0 Å². The highest BCUT2D eigenvalue weighted by atomic mass is 32.2. The van der Waals surface area contributed by atoms with Crippen LogP contribution in [0.2, 0.25) is 0 Å². The quantitative estimate of drug-likeness (QED) is 0.296. The van der Waals surface area contributed by atoms with Crippen LogP contribution in [-0.4, -0.2) is 21.2 Å². The smallest absolute Gasteiger partial charge is 0.186 e. The fourth-order valence-corrected chi connectivity index (χ4v) is 5.09. The van der Waals surface area contributed by atoms with E-state index in [0.29, 0.717) is 10.9 Å². The minimum absolute atomic E-state index is 0.456. The number of fused-ring (bicyclic) bond motifs is 5. The number of aryl methyl sites for hydroxylation is 1. The molecule has 1 aliphatic carbocycles. The first kappa shape index (κ1) is 14.6. The van der Waals surface area contributed by atoms with Crippen LogP contribution in [0.1, 0.15) is 43.0 Å². The molecule has 3 nitrogen and oxygen atoms in total. The highest BCUT2D eigenvalue weighted by Crippen LogP contribution is 2.41. The van der Waals surface area contributed by atoms with Crippen LogP contribution in [0.3, 0.4) is 0 Å². The third-order valence-corrected chi connectivity index (χ3v) is 6.30. The molecule has 0 atom stereocenters. The molecule has 6 heteroatoms. The third-order valence-electron chi connectivity index (χ3n) is 4.24. The molecule has 4 rings (SSSR count). The Bertz CT molecular complexity index is 899. The molecule has 3 aromatic heterocycles. The minimum Gasteiger partial charge on any atom is -0.759 e. The van der Waals surface area contributed by atoms with Crippen molar-refractivity contribution in [3.05, 3.63) is 16.8 Å². The third kappa shape index (κ3) is 2.04. The molecule has 0 saturated heterocycles. The Labute approximate surface area is 143 Å². The number of hydrogen-bond acceptors (Lipinski definition) is 6. The largest absolute Gasteiger partial charge is 0.759 e. The van der Waals surface area contributed by atoms with Gasteiger partial charge in [-0.1, -0.05) is 30.6 Å². The molecule has 22 heavy (non-hydrogen) atoms. The van der Waals surface area contributed by atoms with E-state index in [1.54, 1.807) is 23.1 Å². The summed E-state index contributed by atoms with van der Waals surface area (Å²) >= 11 is 8.68. The number of rotatable bonds is 2. The average Bonchev–Trinajstić information content (AvgIpc) is 3.09. The molecule has 0 saturated carbocycles. The highest BCUT2D eigenvalue weighted by Gasteiger charge is 2.24. The molecular formula is C16H16N3S3-. The van der Waals surface area contributed by atoms with E-state index in [2.05, 4.69) is 18.8 Å². The van der Waals surface area contributed by atoms with E-state index < -0.39 is 0 Å². The predicted molar refractivity (Wildman–Crippen MR) is 96.2 cm³/mol.